The number of anilines is 2. The van der Waals surface area contributed by atoms with Crippen LogP contribution in [0.15, 0.2) is 30.3 Å². The van der Waals surface area contributed by atoms with Gasteiger partial charge in [-0.2, -0.15) is 9.97 Å². The Hall–Kier alpha value is -3.54. The third kappa shape index (κ3) is 6.55. The molecule has 1 aliphatic carbocycles. The smallest absolute Gasteiger partial charge is 0.407 e. The molecule has 1 saturated heterocycles. The van der Waals surface area contributed by atoms with Gasteiger partial charge in [0, 0.05) is 31.2 Å². The second-order valence-electron chi connectivity index (χ2n) is 11.0. The minimum absolute atomic E-state index is 0.0214. The molecule has 1 aromatic carbocycles. The summed E-state index contributed by atoms with van der Waals surface area (Å²) in [7, 11) is 0. The number of hydrogen-bond acceptors (Lipinski definition) is 8. The van der Waals surface area contributed by atoms with E-state index in [1.54, 1.807) is 30.3 Å². The summed E-state index contributed by atoms with van der Waals surface area (Å²) in [6, 6.07) is 8.69. The van der Waals surface area contributed by atoms with Crippen LogP contribution in [0.5, 0.6) is 0 Å². The summed E-state index contributed by atoms with van der Waals surface area (Å²) in [5, 5.41) is 6.46. The van der Waals surface area contributed by atoms with Gasteiger partial charge in [-0.15, -0.1) is 0 Å². The van der Waals surface area contributed by atoms with Crippen LogP contribution in [0.2, 0.25) is 0 Å². The summed E-state index contributed by atoms with van der Waals surface area (Å²) in [6.07, 6.45) is 0.113. The monoisotopic (exact) mass is 543 g/mol. The lowest BCUT2D eigenvalue weighted by atomic mass is 9.91. The molecule has 12 heteroatoms. The fraction of sp³-hybridized carbons (Fsp3) is 0.556. The SMILES string of the molecule is CC(C)(C)OC(=O)N[C@@H]1CCC[C@H](Nc2cc(-n3c(C(F)F)nc4ccccc43)nc(N3CCOCC3)n2)C1. The van der Waals surface area contributed by atoms with Gasteiger partial charge in [0.1, 0.15) is 17.2 Å². The Bertz CT molecular complexity index is 1300. The number of carbonyl (C=O) groups excluding carboxylic acids is 1. The Balaban J connectivity index is 1.44. The number of rotatable bonds is 6. The molecule has 3 heterocycles. The average molecular weight is 544 g/mol. The molecule has 1 saturated carbocycles. The summed E-state index contributed by atoms with van der Waals surface area (Å²) in [5.74, 6) is 0.920. The number of aromatic nitrogens is 4. The van der Waals surface area contributed by atoms with Gasteiger partial charge in [-0.25, -0.2) is 18.6 Å². The van der Waals surface area contributed by atoms with E-state index in [-0.39, 0.29) is 17.9 Å². The summed E-state index contributed by atoms with van der Waals surface area (Å²) in [5.41, 5.74) is 0.444. The summed E-state index contributed by atoms with van der Waals surface area (Å²) in [4.78, 5) is 28.0. The zero-order valence-electron chi connectivity index (χ0n) is 22.5. The molecular weight excluding hydrogens is 508 g/mol. The third-order valence-electron chi connectivity index (χ3n) is 6.75. The number of alkyl carbamates (subject to hydrolysis) is 1. The standard InChI is InChI=1S/C27H35F2N7O3/c1-27(2,3)39-26(37)31-18-8-6-7-17(15-18)30-21-16-22(34-25(33-21)35-11-13-38-14-12-35)36-20-10-5-4-9-19(20)32-24(36)23(28)29/h4-5,9-10,16-18,23H,6-8,11-15H2,1-3H3,(H,31,37)(H,30,33,34)/t17-,18+/m0/s1. The van der Waals surface area contributed by atoms with Crippen LogP contribution in [-0.4, -0.2) is 69.6 Å². The van der Waals surface area contributed by atoms with E-state index in [1.807, 2.05) is 25.7 Å². The normalized spacial score (nSPS) is 20.3. The molecule has 3 aromatic rings. The molecule has 2 fully saturated rings. The summed E-state index contributed by atoms with van der Waals surface area (Å²) < 4.78 is 40.5. The zero-order valence-corrected chi connectivity index (χ0v) is 22.5. The number of hydrogen-bond donors (Lipinski definition) is 2. The van der Waals surface area contributed by atoms with E-state index >= 15 is 0 Å². The molecule has 0 spiro atoms. The predicted octanol–water partition coefficient (Wildman–Crippen LogP) is 4.84. The topological polar surface area (TPSA) is 106 Å². The Morgan fingerprint density at radius 1 is 1.10 bits per heavy atom. The molecule has 0 bridgehead atoms. The van der Waals surface area contributed by atoms with Crippen molar-refractivity contribution in [3.8, 4) is 5.82 Å². The first-order chi connectivity index (χ1) is 18.7. The van der Waals surface area contributed by atoms with Crippen LogP contribution in [0.3, 0.4) is 0 Å². The highest BCUT2D eigenvalue weighted by Crippen LogP contribution is 2.30. The number of morpholine rings is 1. The molecule has 39 heavy (non-hydrogen) atoms. The van der Waals surface area contributed by atoms with Crippen LogP contribution in [0.1, 0.15) is 58.7 Å². The van der Waals surface area contributed by atoms with Crippen LogP contribution in [0.4, 0.5) is 25.3 Å². The lowest BCUT2D eigenvalue weighted by Gasteiger charge is -2.32. The maximum absolute atomic E-state index is 14.1. The molecule has 1 aliphatic heterocycles. The number of carbonyl (C=O) groups is 1. The van der Waals surface area contributed by atoms with E-state index in [0.717, 1.165) is 19.3 Å². The highest BCUT2D eigenvalue weighted by molar-refractivity contribution is 5.78. The Morgan fingerprint density at radius 2 is 1.85 bits per heavy atom. The second kappa shape index (κ2) is 11.3. The molecule has 0 radical (unpaired) electrons. The van der Waals surface area contributed by atoms with Gasteiger partial charge >= 0.3 is 6.09 Å². The van der Waals surface area contributed by atoms with Gasteiger partial charge < -0.3 is 25.0 Å². The van der Waals surface area contributed by atoms with E-state index < -0.39 is 18.1 Å². The van der Waals surface area contributed by atoms with E-state index in [2.05, 4.69) is 15.6 Å². The zero-order chi connectivity index (χ0) is 27.6. The molecule has 1 amide bonds. The van der Waals surface area contributed by atoms with Crippen molar-refractivity contribution < 1.29 is 23.0 Å². The lowest BCUT2D eigenvalue weighted by molar-refractivity contribution is 0.0492. The number of halogens is 2. The van der Waals surface area contributed by atoms with Gasteiger partial charge in [-0.3, -0.25) is 4.57 Å². The van der Waals surface area contributed by atoms with Crippen molar-refractivity contribution in [2.24, 2.45) is 0 Å². The van der Waals surface area contributed by atoms with Gasteiger partial charge in [0.05, 0.1) is 24.2 Å². The number of ether oxygens (including phenoxy) is 2. The van der Waals surface area contributed by atoms with Crippen LogP contribution in [0, 0.1) is 0 Å². The van der Waals surface area contributed by atoms with Crippen molar-refractivity contribution >= 4 is 28.9 Å². The fourth-order valence-corrected chi connectivity index (χ4v) is 5.08. The van der Waals surface area contributed by atoms with Crippen molar-refractivity contribution in [1.82, 2.24) is 24.8 Å². The number of nitrogens with one attached hydrogen (secondary N) is 2. The Morgan fingerprint density at radius 3 is 2.59 bits per heavy atom. The first kappa shape index (κ1) is 27.0. The molecule has 2 atom stereocenters. The molecule has 2 aliphatic rings. The second-order valence-corrected chi connectivity index (χ2v) is 11.0. The van der Waals surface area contributed by atoms with Crippen molar-refractivity contribution in [2.75, 3.05) is 36.5 Å². The van der Waals surface area contributed by atoms with Gasteiger partial charge in [0.2, 0.25) is 5.95 Å². The minimum atomic E-state index is -2.78. The predicted molar refractivity (Wildman–Crippen MR) is 144 cm³/mol. The van der Waals surface area contributed by atoms with Crippen LogP contribution in [-0.2, 0) is 9.47 Å². The number of benzene rings is 1. The summed E-state index contributed by atoms with van der Waals surface area (Å²) >= 11 is 0. The molecule has 10 nitrogen and oxygen atoms in total. The molecule has 5 rings (SSSR count). The van der Waals surface area contributed by atoms with Crippen molar-refractivity contribution in [3.63, 3.8) is 0 Å². The van der Waals surface area contributed by atoms with E-state index in [9.17, 15) is 13.6 Å². The highest BCUT2D eigenvalue weighted by Gasteiger charge is 2.27. The molecule has 2 aromatic heterocycles. The van der Waals surface area contributed by atoms with E-state index in [0.29, 0.717) is 61.3 Å². The average Bonchev–Trinajstić information content (AvgIpc) is 3.28. The fourth-order valence-electron chi connectivity index (χ4n) is 5.08. The molecular formula is C27H35F2N7O3. The molecule has 2 N–H and O–H groups in total. The van der Waals surface area contributed by atoms with Crippen LogP contribution in [0.25, 0.3) is 16.9 Å². The number of amides is 1. The molecule has 210 valence electrons. The van der Waals surface area contributed by atoms with Crippen molar-refractivity contribution in [2.45, 2.75) is 70.6 Å². The number of imidazole rings is 1. The quantitative estimate of drug-likeness (QED) is 0.455. The van der Waals surface area contributed by atoms with Gasteiger partial charge in [-0.05, 0) is 58.6 Å². The lowest BCUT2D eigenvalue weighted by Crippen LogP contribution is -2.44. The minimum Gasteiger partial charge on any atom is -0.444 e. The summed E-state index contributed by atoms with van der Waals surface area (Å²) in [6.45, 7) is 7.76. The maximum atomic E-state index is 14.1. The van der Waals surface area contributed by atoms with Crippen molar-refractivity contribution in [3.05, 3.63) is 36.2 Å². The van der Waals surface area contributed by atoms with E-state index in [1.165, 1.54) is 4.57 Å². The number of para-hydroxylation sites is 2. The van der Waals surface area contributed by atoms with Gasteiger partial charge in [0.15, 0.2) is 5.82 Å². The highest BCUT2D eigenvalue weighted by atomic mass is 19.3. The Kier molecular flexibility index (Phi) is 7.83. The van der Waals surface area contributed by atoms with Crippen LogP contribution < -0.4 is 15.5 Å². The number of nitrogens with zero attached hydrogens (tertiary/aromatic N) is 5. The third-order valence-corrected chi connectivity index (χ3v) is 6.75. The van der Waals surface area contributed by atoms with Gasteiger partial charge in [0.25, 0.3) is 6.43 Å². The maximum Gasteiger partial charge on any atom is 0.407 e. The number of fused-ring (bicyclic) bond motifs is 1. The largest absolute Gasteiger partial charge is 0.444 e. The van der Waals surface area contributed by atoms with Gasteiger partial charge in [-0.1, -0.05) is 12.1 Å². The van der Waals surface area contributed by atoms with E-state index in [4.69, 9.17) is 19.4 Å². The van der Waals surface area contributed by atoms with Crippen molar-refractivity contribution in [1.29, 1.82) is 0 Å². The van der Waals surface area contributed by atoms with Crippen LogP contribution >= 0.6 is 0 Å². The Labute approximate surface area is 226 Å². The first-order valence-electron chi connectivity index (χ1n) is 13.4. The molecule has 0 unspecified atom stereocenters. The number of alkyl halides is 2. The first-order valence-corrected chi connectivity index (χ1v) is 13.4.